The predicted molar refractivity (Wildman–Crippen MR) is 67.6 cm³/mol. The number of nitrogens with zero attached hydrogens (tertiary/aromatic N) is 2. The average molecular weight is 250 g/mol. The zero-order valence-electron chi connectivity index (χ0n) is 9.59. The maximum atomic E-state index is 10.4. The molecule has 0 atom stereocenters. The molecule has 5 heteroatoms. The van der Waals surface area contributed by atoms with E-state index in [4.69, 9.17) is 10.4 Å². The van der Waals surface area contributed by atoms with Crippen molar-refractivity contribution in [2.75, 3.05) is 13.6 Å². The van der Waals surface area contributed by atoms with Crippen LogP contribution in [-0.4, -0.2) is 29.6 Å². The zero-order chi connectivity index (χ0) is 12.7. The van der Waals surface area contributed by atoms with Crippen LogP contribution in [0.5, 0.6) is 0 Å². The van der Waals surface area contributed by atoms with Gasteiger partial charge in [0.2, 0.25) is 0 Å². The van der Waals surface area contributed by atoms with E-state index in [1.54, 1.807) is 17.4 Å². The normalized spacial score (nSPS) is 10.9. The van der Waals surface area contributed by atoms with Crippen LogP contribution in [0.1, 0.15) is 16.2 Å². The zero-order valence-corrected chi connectivity index (χ0v) is 10.4. The Hall–Kier alpha value is -1.64. The number of nitriles is 1. The molecule has 0 amide bonds. The Kier molecular flexibility index (Phi) is 5.40. The lowest BCUT2D eigenvalue weighted by Crippen LogP contribution is -2.17. The first kappa shape index (κ1) is 13.4. The molecule has 0 saturated carbocycles. The van der Waals surface area contributed by atoms with E-state index in [-0.39, 0.29) is 0 Å². The van der Waals surface area contributed by atoms with Crippen molar-refractivity contribution >= 4 is 23.4 Å². The topological polar surface area (TPSA) is 64.3 Å². The average Bonchev–Trinajstić information content (AvgIpc) is 2.71. The summed E-state index contributed by atoms with van der Waals surface area (Å²) in [6.45, 7) is 1.53. The molecular weight excluding hydrogens is 236 g/mol. The SMILES string of the molecule is CN(CCC#N)Cc1ccc(C=CC(=O)O)s1. The van der Waals surface area contributed by atoms with Crippen LogP contribution in [0.2, 0.25) is 0 Å². The number of hydrogen-bond acceptors (Lipinski definition) is 4. The van der Waals surface area contributed by atoms with Gasteiger partial charge in [-0.1, -0.05) is 0 Å². The molecule has 0 bridgehead atoms. The highest BCUT2D eigenvalue weighted by molar-refractivity contribution is 7.12. The molecule has 1 rings (SSSR count). The Morgan fingerprint density at radius 3 is 3.06 bits per heavy atom. The Morgan fingerprint density at radius 1 is 1.65 bits per heavy atom. The Labute approximate surface area is 104 Å². The number of carboxylic acids is 1. The van der Waals surface area contributed by atoms with E-state index in [1.165, 1.54) is 0 Å². The number of thiophene rings is 1. The Morgan fingerprint density at radius 2 is 2.41 bits per heavy atom. The van der Waals surface area contributed by atoms with Gasteiger partial charge in [0, 0.05) is 35.3 Å². The Balaban J connectivity index is 2.51. The van der Waals surface area contributed by atoms with Gasteiger partial charge in [0.15, 0.2) is 0 Å². The lowest BCUT2D eigenvalue weighted by atomic mass is 10.3. The molecule has 17 heavy (non-hydrogen) atoms. The van der Waals surface area contributed by atoms with Crippen LogP contribution in [0.25, 0.3) is 6.08 Å². The highest BCUT2D eigenvalue weighted by Crippen LogP contribution is 2.19. The van der Waals surface area contributed by atoms with Crippen molar-refractivity contribution < 1.29 is 9.90 Å². The maximum absolute atomic E-state index is 10.4. The standard InChI is InChI=1S/C12H14N2O2S/c1-14(8-2-7-13)9-11-4-3-10(17-11)5-6-12(15)16/h3-6H,2,8-9H2,1H3,(H,15,16). The molecule has 0 aliphatic rings. The number of hydrogen-bond donors (Lipinski definition) is 1. The van der Waals surface area contributed by atoms with Gasteiger partial charge < -0.3 is 10.0 Å². The van der Waals surface area contributed by atoms with Crippen LogP contribution in [0.4, 0.5) is 0 Å². The highest BCUT2D eigenvalue weighted by atomic mass is 32.1. The van der Waals surface area contributed by atoms with Gasteiger partial charge in [-0.3, -0.25) is 0 Å². The molecule has 4 nitrogen and oxygen atoms in total. The van der Waals surface area contributed by atoms with Gasteiger partial charge in [0.05, 0.1) is 6.07 Å². The summed E-state index contributed by atoms with van der Waals surface area (Å²) in [7, 11) is 1.96. The van der Waals surface area contributed by atoms with Crippen molar-refractivity contribution in [3.63, 3.8) is 0 Å². The monoisotopic (exact) mass is 250 g/mol. The summed E-state index contributed by atoms with van der Waals surface area (Å²) in [5.41, 5.74) is 0. The molecule has 1 aromatic rings. The lowest BCUT2D eigenvalue weighted by Gasteiger charge is -2.12. The molecular formula is C12H14N2O2S. The van der Waals surface area contributed by atoms with Crippen LogP contribution < -0.4 is 0 Å². The molecule has 0 aliphatic heterocycles. The van der Waals surface area contributed by atoms with Crippen LogP contribution >= 0.6 is 11.3 Å². The number of carbonyl (C=O) groups is 1. The van der Waals surface area contributed by atoms with E-state index in [9.17, 15) is 4.79 Å². The fourth-order valence-electron chi connectivity index (χ4n) is 1.31. The quantitative estimate of drug-likeness (QED) is 0.786. The molecule has 1 aromatic heterocycles. The van der Waals surface area contributed by atoms with Gasteiger partial charge >= 0.3 is 5.97 Å². The largest absolute Gasteiger partial charge is 0.478 e. The van der Waals surface area contributed by atoms with Crippen LogP contribution in [0.15, 0.2) is 18.2 Å². The molecule has 1 heterocycles. The third-order valence-electron chi connectivity index (χ3n) is 2.10. The fourth-order valence-corrected chi connectivity index (χ4v) is 2.30. The summed E-state index contributed by atoms with van der Waals surface area (Å²) in [6.07, 6.45) is 3.24. The predicted octanol–water partition coefficient (Wildman–Crippen LogP) is 2.19. The van der Waals surface area contributed by atoms with E-state index in [0.717, 1.165) is 28.9 Å². The number of carboxylic acid groups (broad SMARTS) is 1. The summed E-state index contributed by atoms with van der Waals surface area (Å²) < 4.78 is 0. The van der Waals surface area contributed by atoms with Gasteiger partial charge in [0.1, 0.15) is 0 Å². The van der Waals surface area contributed by atoms with Crippen molar-refractivity contribution in [3.05, 3.63) is 28.0 Å². The van der Waals surface area contributed by atoms with E-state index >= 15 is 0 Å². The second kappa shape index (κ2) is 6.84. The van der Waals surface area contributed by atoms with E-state index < -0.39 is 5.97 Å². The van der Waals surface area contributed by atoms with Gasteiger partial charge in [0.25, 0.3) is 0 Å². The number of aliphatic carboxylic acids is 1. The minimum Gasteiger partial charge on any atom is -0.478 e. The summed E-state index contributed by atoms with van der Waals surface area (Å²) in [4.78, 5) is 14.5. The second-order valence-electron chi connectivity index (χ2n) is 3.62. The van der Waals surface area contributed by atoms with E-state index in [2.05, 4.69) is 11.0 Å². The third kappa shape index (κ3) is 5.29. The van der Waals surface area contributed by atoms with Gasteiger partial charge in [-0.2, -0.15) is 5.26 Å². The summed E-state index contributed by atoms with van der Waals surface area (Å²) in [6, 6.07) is 5.99. The maximum Gasteiger partial charge on any atom is 0.328 e. The first-order valence-corrected chi connectivity index (χ1v) is 5.98. The highest BCUT2D eigenvalue weighted by Gasteiger charge is 2.02. The molecule has 1 N–H and O–H groups in total. The Bertz CT molecular complexity index is 446. The minimum absolute atomic E-state index is 0.521. The van der Waals surface area contributed by atoms with Crippen molar-refractivity contribution in [2.24, 2.45) is 0 Å². The molecule has 0 fully saturated rings. The molecule has 0 unspecified atom stereocenters. The van der Waals surface area contributed by atoms with Gasteiger partial charge in [-0.05, 0) is 25.3 Å². The van der Waals surface area contributed by atoms with Crippen LogP contribution in [-0.2, 0) is 11.3 Å². The van der Waals surface area contributed by atoms with E-state index in [1.807, 2.05) is 19.2 Å². The van der Waals surface area contributed by atoms with Crippen molar-refractivity contribution in [1.29, 1.82) is 5.26 Å². The van der Waals surface area contributed by atoms with Crippen LogP contribution in [0.3, 0.4) is 0 Å². The van der Waals surface area contributed by atoms with Crippen molar-refractivity contribution in [2.45, 2.75) is 13.0 Å². The summed E-state index contributed by atoms with van der Waals surface area (Å²) in [5.74, 6) is -0.939. The molecule has 0 saturated heterocycles. The fraction of sp³-hybridized carbons (Fsp3) is 0.333. The van der Waals surface area contributed by atoms with Crippen molar-refractivity contribution in [1.82, 2.24) is 4.90 Å². The number of rotatable bonds is 6. The van der Waals surface area contributed by atoms with Crippen molar-refractivity contribution in [3.8, 4) is 6.07 Å². The lowest BCUT2D eigenvalue weighted by molar-refractivity contribution is -0.131. The summed E-state index contributed by atoms with van der Waals surface area (Å²) in [5, 5.41) is 17.0. The molecule has 0 radical (unpaired) electrons. The molecule has 0 aromatic carbocycles. The summed E-state index contributed by atoms with van der Waals surface area (Å²) >= 11 is 1.56. The van der Waals surface area contributed by atoms with Crippen LogP contribution in [0, 0.1) is 11.3 Å². The van der Waals surface area contributed by atoms with Gasteiger partial charge in [-0.15, -0.1) is 11.3 Å². The molecule has 0 spiro atoms. The molecule has 90 valence electrons. The smallest absolute Gasteiger partial charge is 0.328 e. The minimum atomic E-state index is -0.939. The first-order chi connectivity index (χ1) is 8.11. The van der Waals surface area contributed by atoms with E-state index in [0.29, 0.717) is 6.42 Å². The van der Waals surface area contributed by atoms with Gasteiger partial charge in [-0.25, -0.2) is 4.79 Å². The third-order valence-corrected chi connectivity index (χ3v) is 3.14. The molecule has 0 aliphatic carbocycles. The second-order valence-corrected chi connectivity index (χ2v) is 4.82. The first-order valence-electron chi connectivity index (χ1n) is 5.17.